The van der Waals surface area contributed by atoms with Crippen molar-refractivity contribution in [2.45, 2.75) is 4.90 Å². The van der Waals surface area contributed by atoms with Gasteiger partial charge in [-0.25, -0.2) is 8.42 Å². The van der Waals surface area contributed by atoms with E-state index in [4.69, 9.17) is 11.6 Å². The van der Waals surface area contributed by atoms with Gasteiger partial charge in [-0.1, -0.05) is 29.8 Å². The number of amides is 1. The molecular weight excluding hydrogens is 398 g/mol. The van der Waals surface area contributed by atoms with Crippen molar-refractivity contribution >= 4 is 38.4 Å². The third-order valence-corrected chi connectivity index (χ3v) is 7.27. The predicted octanol–water partition coefficient (Wildman–Crippen LogP) is 2.98. The second kappa shape index (κ2) is 7.24. The molecular formula is C20H20ClN3O3S. The second-order valence-corrected chi connectivity index (χ2v) is 9.20. The largest absolute Gasteiger partial charge is 0.350 e. The van der Waals surface area contributed by atoms with E-state index in [0.29, 0.717) is 23.7 Å². The highest BCUT2D eigenvalue weighted by molar-refractivity contribution is 7.89. The van der Waals surface area contributed by atoms with E-state index in [1.807, 2.05) is 42.1 Å². The van der Waals surface area contributed by atoms with Gasteiger partial charge in [-0.05, 0) is 30.3 Å². The molecule has 4 rings (SSSR count). The van der Waals surface area contributed by atoms with Crippen LogP contribution in [0, 0.1) is 0 Å². The highest BCUT2D eigenvalue weighted by Crippen LogP contribution is 2.24. The fourth-order valence-electron chi connectivity index (χ4n) is 3.57. The van der Waals surface area contributed by atoms with E-state index < -0.39 is 10.0 Å². The molecule has 1 aliphatic heterocycles. The van der Waals surface area contributed by atoms with E-state index in [0.717, 1.165) is 10.9 Å². The van der Waals surface area contributed by atoms with Gasteiger partial charge >= 0.3 is 0 Å². The third kappa shape index (κ3) is 3.30. The summed E-state index contributed by atoms with van der Waals surface area (Å²) in [5.41, 5.74) is 1.64. The molecule has 2 aromatic carbocycles. The van der Waals surface area contributed by atoms with Crippen molar-refractivity contribution in [2.24, 2.45) is 7.05 Å². The first-order valence-corrected chi connectivity index (χ1v) is 10.8. The summed E-state index contributed by atoms with van der Waals surface area (Å²) in [6.45, 7) is 1.24. The monoisotopic (exact) mass is 417 g/mol. The summed E-state index contributed by atoms with van der Waals surface area (Å²) < 4.78 is 29.0. The molecule has 0 aliphatic carbocycles. The van der Waals surface area contributed by atoms with Crippen LogP contribution in [0.1, 0.15) is 10.4 Å². The Balaban J connectivity index is 1.51. The van der Waals surface area contributed by atoms with Gasteiger partial charge in [0.05, 0.1) is 10.5 Å². The van der Waals surface area contributed by atoms with Crippen LogP contribution in [-0.4, -0.2) is 54.3 Å². The zero-order valence-corrected chi connectivity index (χ0v) is 16.9. The van der Waals surface area contributed by atoms with Crippen molar-refractivity contribution in [2.75, 3.05) is 26.2 Å². The Morgan fingerprint density at radius 1 is 0.964 bits per heavy atom. The Bertz CT molecular complexity index is 1130. The number of fused-ring (bicyclic) bond motifs is 1. The van der Waals surface area contributed by atoms with Gasteiger partial charge in [0.25, 0.3) is 5.91 Å². The minimum atomic E-state index is -3.59. The number of sulfonamides is 1. The number of rotatable bonds is 3. The van der Waals surface area contributed by atoms with E-state index in [1.165, 1.54) is 16.4 Å². The highest BCUT2D eigenvalue weighted by Gasteiger charge is 2.31. The summed E-state index contributed by atoms with van der Waals surface area (Å²) >= 11 is 5.85. The summed E-state index contributed by atoms with van der Waals surface area (Å²) in [6.07, 6.45) is 1.84. The number of halogens is 1. The van der Waals surface area contributed by atoms with Gasteiger partial charge in [-0.3, -0.25) is 4.79 Å². The molecule has 0 spiro atoms. The lowest BCUT2D eigenvalue weighted by Crippen LogP contribution is -2.50. The number of carbonyl (C=O) groups is 1. The number of benzene rings is 2. The van der Waals surface area contributed by atoms with Crippen molar-refractivity contribution < 1.29 is 13.2 Å². The molecule has 2 heterocycles. The Morgan fingerprint density at radius 2 is 1.61 bits per heavy atom. The van der Waals surface area contributed by atoms with Crippen LogP contribution < -0.4 is 0 Å². The van der Waals surface area contributed by atoms with Gasteiger partial charge in [-0.15, -0.1) is 0 Å². The van der Waals surface area contributed by atoms with E-state index in [-0.39, 0.29) is 23.9 Å². The summed E-state index contributed by atoms with van der Waals surface area (Å²) in [5.74, 6) is -0.0691. The quantitative estimate of drug-likeness (QED) is 0.658. The summed E-state index contributed by atoms with van der Waals surface area (Å²) in [7, 11) is -1.68. The van der Waals surface area contributed by atoms with Crippen LogP contribution >= 0.6 is 11.6 Å². The molecule has 0 bridgehead atoms. The molecule has 3 aromatic rings. The topological polar surface area (TPSA) is 62.6 Å². The predicted molar refractivity (Wildman–Crippen MR) is 109 cm³/mol. The standard InChI is InChI=1S/C20H20ClN3O3S/c1-22-14-18(17-4-2-3-5-19(17)22)20(25)23-10-12-24(13-11-23)28(26,27)16-8-6-15(21)7-9-16/h2-9,14H,10-13H2,1H3. The molecule has 0 atom stereocenters. The molecule has 6 nitrogen and oxygen atoms in total. The average Bonchev–Trinajstić information content (AvgIpc) is 3.05. The zero-order valence-electron chi connectivity index (χ0n) is 15.4. The SMILES string of the molecule is Cn1cc(C(=O)N2CCN(S(=O)(=O)c3ccc(Cl)cc3)CC2)c2ccccc21. The van der Waals surface area contributed by atoms with Crippen LogP contribution in [-0.2, 0) is 17.1 Å². The molecule has 0 N–H and O–H groups in total. The van der Waals surface area contributed by atoms with Crippen LogP contribution in [0.5, 0.6) is 0 Å². The van der Waals surface area contributed by atoms with Crippen LogP contribution in [0.3, 0.4) is 0 Å². The minimum Gasteiger partial charge on any atom is -0.350 e. The van der Waals surface area contributed by atoms with Crippen LogP contribution in [0.25, 0.3) is 10.9 Å². The third-order valence-electron chi connectivity index (χ3n) is 5.10. The molecule has 146 valence electrons. The lowest BCUT2D eigenvalue weighted by Gasteiger charge is -2.34. The van der Waals surface area contributed by atoms with E-state index >= 15 is 0 Å². The number of hydrogen-bond acceptors (Lipinski definition) is 3. The number of carbonyl (C=O) groups excluding carboxylic acids is 1. The molecule has 28 heavy (non-hydrogen) atoms. The second-order valence-electron chi connectivity index (χ2n) is 6.82. The van der Waals surface area contributed by atoms with Crippen molar-refractivity contribution in [1.29, 1.82) is 0 Å². The van der Waals surface area contributed by atoms with Crippen molar-refractivity contribution in [3.05, 3.63) is 65.3 Å². The first-order chi connectivity index (χ1) is 13.4. The number of aromatic nitrogens is 1. The molecule has 1 aromatic heterocycles. The van der Waals surface area contributed by atoms with Crippen LogP contribution in [0.2, 0.25) is 5.02 Å². The molecule has 0 radical (unpaired) electrons. The number of piperazine rings is 1. The number of nitrogens with zero attached hydrogens (tertiary/aromatic N) is 3. The number of para-hydroxylation sites is 1. The first-order valence-electron chi connectivity index (χ1n) is 8.97. The zero-order chi connectivity index (χ0) is 19.9. The molecule has 0 unspecified atom stereocenters. The minimum absolute atomic E-state index is 0.0691. The maximum atomic E-state index is 13.0. The van der Waals surface area contributed by atoms with E-state index in [2.05, 4.69) is 0 Å². The maximum absolute atomic E-state index is 13.0. The van der Waals surface area contributed by atoms with Gasteiger partial charge in [-0.2, -0.15) is 4.31 Å². The van der Waals surface area contributed by atoms with E-state index in [1.54, 1.807) is 17.0 Å². The molecule has 1 saturated heterocycles. The van der Waals surface area contributed by atoms with Crippen molar-refractivity contribution in [1.82, 2.24) is 13.8 Å². The fourth-order valence-corrected chi connectivity index (χ4v) is 5.12. The molecule has 1 fully saturated rings. The summed E-state index contributed by atoms with van der Waals surface area (Å²) in [4.78, 5) is 15.0. The Morgan fingerprint density at radius 3 is 2.29 bits per heavy atom. The van der Waals surface area contributed by atoms with Gasteiger partial charge in [0, 0.05) is 55.3 Å². The molecule has 1 amide bonds. The van der Waals surface area contributed by atoms with Gasteiger partial charge in [0.1, 0.15) is 0 Å². The normalized spacial score (nSPS) is 15.9. The molecule has 8 heteroatoms. The van der Waals surface area contributed by atoms with Crippen LogP contribution in [0.4, 0.5) is 0 Å². The van der Waals surface area contributed by atoms with Gasteiger partial charge < -0.3 is 9.47 Å². The lowest BCUT2D eigenvalue weighted by atomic mass is 10.1. The average molecular weight is 418 g/mol. The molecule has 1 aliphatic rings. The smallest absolute Gasteiger partial charge is 0.256 e. The first kappa shape index (κ1) is 19.0. The maximum Gasteiger partial charge on any atom is 0.256 e. The summed E-state index contributed by atoms with van der Waals surface area (Å²) in [6, 6.07) is 13.9. The lowest BCUT2D eigenvalue weighted by molar-refractivity contribution is 0.0699. The van der Waals surface area contributed by atoms with Gasteiger partial charge in [0.15, 0.2) is 0 Å². The van der Waals surface area contributed by atoms with E-state index in [9.17, 15) is 13.2 Å². The van der Waals surface area contributed by atoms with Crippen molar-refractivity contribution in [3.8, 4) is 0 Å². The Labute approximate surface area is 169 Å². The van der Waals surface area contributed by atoms with Crippen molar-refractivity contribution in [3.63, 3.8) is 0 Å². The highest BCUT2D eigenvalue weighted by atomic mass is 35.5. The summed E-state index contributed by atoms with van der Waals surface area (Å²) in [5, 5.41) is 1.40. The Kier molecular flexibility index (Phi) is 4.91. The Hall–Kier alpha value is -2.35. The molecule has 0 saturated carbocycles. The van der Waals surface area contributed by atoms with Gasteiger partial charge in [0.2, 0.25) is 10.0 Å². The van der Waals surface area contributed by atoms with Crippen LogP contribution in [0.15, 0.2) is 59.6 Å². The number of hydrogen-bond donors (Lipinski definition) is 0. The number of aryl methyl sites for hydroxylation is 1. The fraction of sp³-hybridized carbons (Fsp3) is 0.250.